The predicted molar refractivity (Wildman–Crippen MR) is 69.7 cm³/mol. The Hall–Kier alpha value is -1.67. The summed E-state index contributed by atoms with van der Waals surface area (Å²) in [6.45, 7) is 4.40. The van der Waals surface area contributed by atoms with Gasteiger partial charge in [0.05, 0.1) is 12.3 Å². The van der Waals surface area contributed by atoms with Crippen LogP contribution in [0.5, 0.6) is 0 Å². The lowest BCUT2D eigenvalue weighted by atomic mass is 10.0. The fourth-order valence-electron chi connectivity index (χ4n) is 1.70. The van der Waals surface area contributed by atoms with E-state index in [1.165, 1.54) is 5.56 Å². The molecule has 0 aliphatic rings. The van der Waals surface area contributed by atoms with Crippen molar-refractivity contribution in [3.63, 3.8) is 0 Å². The quantitative estimate of drug-likeness (QED) is 0.872. The van der Waals surface area contributed by atoms with Gasteiger partial charge in [0.15, 0.2) is 0 Å². The smallest absolute Gasteiger partial charge is 0.0702 e. The van der Waals surface area contributed by atoms with E-state index in [0.717, 1.165) is 16.8 Å². The molecule has 1 aromatic carbocycles. The summed E-state index contributed by atoms with van der Waals surface area (Å²) >= 11 is 0. The van der Waals surface area contributed by atoms with Crippen LogP contribution < -0.4 is 0 Å². The van der Waals surface area contributed by atoms with E-state index in [-0.39, 0.29) is 6.61 Å². The number of hydrogen-bond donors (Lipinski definition) is 1. The Bertz CT molecular complexity index is 471. The van der Waals surface area contributed by atoms with E-state index in [0.29, 0.717) is 5.92 Å². The highest BCUT2D eigenvalue weighted by Gasteiger charge is 2.02. The van der Waals surface area contributed by atoms with Crippen molar-refractivity contribution in [2.45, 2.75) is 26.4 Å². The van der Waals surface area contributed by atoms with Crippen molar-refractivity contribution < 1.29 is 5.11 Å². The average molecular weight is 227 g/mol. The average Bonchev–Trinajstić information content (AvgIpc) is 2.39. The minimum absolute atomic E-state index is 0.0833. The molecule has 17 heavy (non-hydrogen) atoms. The largest absolute Gasteiger partial charge is 0.392 e. The van der Waals surface area contributed by atoms with Gasteiger partial charge in [0.2, 0.25) is 0 Å². The third-order valence-corrected chi connectivity index (χ3v) is 2.89. The van der Waals surface area contributed by atoms with Gasteiger partial charge in [-0.2, -0.15) is 0 Å². The zero-order valence-electron chi connectivity index (χ0n) is 10.2. The first kappa shape index (κ1) is 11.8. The molecule has 0 fully saturated rings. The molecule has 2 heteroatoms. The van der Waals surface area contributed by atoms with E-state index in [1.807, 2.05) is 36.5 Å². The molecule has 88 valence electrons. The highest BCUT2D eigenvalue weighted by atomic mass is 16.3. The SMILES string of the molecule is CC(C)c1ccc(-c2ccc(CO)cc2)nc1. The Balaban J connectivity index is 2.26. The van der Waals surface area contributed by atoms with Crippen LogP contribution in [0.2, 0.25) is 0 Å². The van der Waals surface area contributed by atoms with Crippen LogP contribution >= 0.6 is 0 Å². The Kier molecular flexibility index (Phi) is 3.55. The number of benzene rings is 1. The van der Waals surface area contributed by atoms with Gasteiger partial charge in [-0.15, -0.1) is 0 Å². The van der Waals surface area contributed by atoms with Crippen LogP contribution in [0.4, 0.5) is 0 Å². The third-order valence-electron chi connectivity index (χ3n) is 2.89. The van der Waals surface area contributed by atoms with Crippen molar-refractivity contribution in [3.8, 4) is 11.3 Å². The molecule has 2 rings (SSSR count). The van der Waals surface area contributed by atoms with Gasteiger partial charge in [-0.25, -0.2) is 0 Å². The lowest BCUT2D eigenvalue weighted by Crippen LogP contribution is -1.90. The van der Waals surface area contributed by atoms with Crippen LogP contribution in [0.3, 0.4) is 0 Å². The first-order valence-corrected chi connectivity index (χ1v) is 5.87. The van der Waals surface area contributed by atoms with Gasteiger partial charge in [0.1, 0.15) is 0 Å². The van der Waals surface area contributed by atoms with Gasteiger partial charge < -0.3 is 5.11 Å². The van der Waals surface area contributed by atoms with Crippen molar-refractivity contribution in [3.05, 3.63) is 53.7 Å². The van der Waals surface area contributed by atoms with Crippen LogP contribution in [0, 0.1) is 0 Å². The molecule has 1 N–H and O–H groups in total. The number of pyridine rings is 1. The second-order valence-electron chi connectivity index (χ2n) is 4.49. The summed E-state index contributed by atoms with van der Waals surface area (Å²) < 4.78 is 0. The maximum atomic E-state index is 8.98. The molecule has 0 aliphatic heterocycles. The number of aliphatic hydroxyl groups is 1. The summed E-state index contributed by atoms with van der Waals surface area (Å²) in [7, 11) is 0. The van der Waals surface area contributed by atoms with Gasteiger partial charge in [-0.3, -0.25) is 4.98 Å². The predicted octanol–water partition coefficient (Wildman–Crippen LogP) is 3.36. The Morgan fingerprint density at radius 3 is 2.24 bits per heavy atom. The highest BCUT2D eigenvalue weighted by Crippen LogP contribution is 2.20. The van der Waals surface area contributed by atoms with Crippen LogP contribution in [-0.4, -0.2) is 10.1 Å². The minimum atomic E-state index is 0.0833. The van der Waals surface area contributed by atoms with Crippen LogP contribution in [-0.2, 0) is 6.61 Å². The summed E-state index contributed by atoms with van der Waals surface area (Å²) in [5.41, 5.74) is 4.23. The molecule has 0 aliphatic carbocycles. The molecular formula is C15H17NO. The molecule has 0 unspecified atom stereocenters. The number of nitrogens with zero attached hydrogens (tertiary/aromatic N) is 1. The summed E-state index contributed by atoms with van der Waals surface area (Å²) in [6, 6.07) is 12.0. The van der Waals surface area contributed by atoms with E-state index in [9.17, 15) is 0 Å². The molecule has 0 saturated carbocycles. The zero-order valence-corrected chi connectivity index (χ0v) is 10.2. The van der Waals surface area contributed by atoms with Crippen molar-refractivity contribution in [1.29, 1.82) is 0 Å². The zero-order chi connectivity index (χ0) is 12.3. The van der Waals surface area contributed by atoms with E-state index >= 15 is 0 Å². The van der Waals surface area contributed by atoms with E-state index in [4.69, 9.17) is 5.11 Å². The molecule has 0 radical (unpaired) electrons. The molecule has 0 spiro atoms. The minimum Gasteiger partial charge on any atom is -0.392 e. The van der Waals surface area contributed by atoms with E-state index in [2.05, 4.69) is 24.9 Å². The van der Waals surface area contributed by atoms with Gasteiger partial charge in [-0.1, -0.05) is 44.2 Å². The Morgan fingerprint density at radius 2 is 1.76 bits per heavy atom. The molecule has 0 atom stereocenters. The van der Waals surface area contributed by atoms with Crippen molar-refractivity contribution >= 4 is 0 Å². The molecule has 0 amide bonds. The molecule has 2 aromatic rings. The first-order chi connectivity index (χ1) is 8.20. The molecule has 1 aromatic heterocycles. The first-order valence-electron chi connectivity index (χ1n) is 5.87. The van der Waals surface area contributed by atoms with Crippen LogP contribution in [0.15, 0.2) is 42.6 Å². The number of hydrogen-bond acceptors (Lipinski definition) is 2. The lowest BCUT2D eigenvalue weighted by molar-refractivity contribution is 0.282. The molecule has 0 saturated heterocycles. The Labute approximate surface area is 102 Å². The second-order valence-corrected chi connectivity index (χ2v) is 4.49. The highest BCUT2D eigenvalue weighted by molar-refractivity contribution is 5.59. The monoisotopic (exact) mass is 227 g/mol. The van der Waals surface area contributed by atoms with Gasteiger partial charge in [-0.05, 0) is 23.1 Å². The molecule has 0 bridgehead atoms. The number of rotatable bonds is 3. The van der Waals surface area contributed by atoms with E-state index < -0.39 is 0 Å². The molecular weight excluding hydrogens is 210 g/mol. The number of aromatic nitrogens is 1. The fourth-order valence-corrected chi connectivity index (χ4v) is 1.70. The maximum Gasteiger partial charge on any atom is 0.0702 e. The van der Waals surface area contributed by atoms with Crippen molar-refractivity contribution in [2.24, 2.45) is 0 Å². The topological polar surface area (TPSA) is 33.1 Å². The van der Waals surface area contributed by atoms with Crippen LogP contribution in [0.25, 0.3) is 11.3 Å². The van der Waals surface area contributed by atoms with Crippen LogP contribution in [0.1, 0.15) is 30.9 Å². The van der Waals surface area contributed by atoms with Gasteiger partial charge in [0.25, 0.3) is 0 Å². The number of aliphatic hydroxyl groups excluding tert-OH is 1. The summed E-state index contributed by atoms with van der Waals surface area (Å²) in [6.07, 6.45) is 1.93. The van der Waals surface area contributed by atoms with Crippen molar-refractivity contribution in [1.82, 2.24) is 4.98 Å². The third kappa shape index (κ3) is 2.71. The summed E-state index contributed by atoms with van der Waals surface area (Å²) in [5, 5.41) is 8.98. The summed E-state index contributed by atoms with van der Waals surface area (Å²) in [4.78, 5) is 4.46. The molecule has 2 nitrogen and oxygen atoms in total. The Morgan fingerprint density at radius 1 is 1.06 bits per heavy atom. The van der Waals surface area contributed by atoms with Crippen molar-refractivity contribution in [2.75, 3.05) is 0 Å². The van der Waals surface area contributed by atoms with Gasteiger partial charge >= 0.3 is 0 Å². The second kappa shape index (κ2) is 5.11. The van der Waals surface area contributed by atoms with Gasteiger partial charge in [0, 0.05) is 11.8 Å². The summed E-state index contributed by atoms with van der Waals surface area (Å²) in [5.74, 6) is 0.508. The normalized spacial score (nSPS) is 10.8. The van der Waals surface area contributed by atoms with E-state index in [1.54, 1.807) is 0 Å². The maximum absolute atomic E-state index is 8.98. The molecule has 1 heterocycles. The standard InChI is InChI=1S/C15H17NO/c1-11(2)14-7-8-15(16-9-14)13-5-3-12(10-17)4-6-13/h3-9,11,17H,10H2,1-2H3. The lowest BCUT2D eigenvalue weighted by Gasteiger charge is -2.06. The fraction of sp³-hybridized carbons (Fsp3) is 0.267.